The van der Waals surface area contributed by atoms with Gasteiger partial charge in [0.05, 0.1) is 18.4 Å². The third-order valence-corrected chi connectivity index (χ3v) is 2.63. The van der Waals surface area contributed by atoms with Gasteiger partial charge >= 0.3 is 0 Å². The van der Waals surface area contributed by atoms with Crippen LogP contribution >= 0.6 is 0 Å². The molecule has 2 rings (SSSR count). The number of β-amino-alcohol motifs (C(OH)–C–C–N with tert-alkyl or cyclic N) is 1. The van der Waals surface area contributed by atoms with Crippen molar-refractivity contribution in [3.05, 3.63) is 17.6 Å². The number of hydrogen-bond donors (Lipinski definition) is 1. The van der Waals surface area contributed by atoms with Crippen LogP contribution in [0.5, 0.6) is 5.88 Å². The van der Waals surface area contributed by atoms with Crippen LogP contribution in [0.3, 0.4) is 0 Å². The minimum Gasteiger partial charge on any atom is -0.480 e. The average Bonchev–Trinajstić information content (AvgIpc) is 2.18. The van der Waals surface area contributed by atoms with E-state index in [0.29, 0.717) is 25.5 Å². The van der Waals surface area contributed by atoms with E-state index in [1.165, 1.54) is 0 Å². The summed E-state index contributed by atoms with van der Waals surface area (Å²) in [5.74, 6) is 0.576. The Morgan fingerprint density at radius 3 is 2.81 bits per heavy atom. The van der Waals surface area contributed by atoms with E-state index in [1.54, 1.807) is 13.3 Å². The normalized spacial score (nSPS) is 19.2. The zero-order valence-corrected chi connectivity index (χ0v) is 9.90. The van der Waals surface area contributed by atoms with Crippen LogP contribution in [0.1, 0.15) is 18.3 Å². The first-order chi connectivity index (χ1) is 7.50. The second-order valence-electron chi connectivity index (χ2n) is 4.61. The lowest BCUT2D eigenvalue weighted by atomic mass is 9.97. The Morgan fingerprint density at radius 1 is 1.56 bits per heavy atom. The first kappa shape index (κ1) is 11.3. The molecule has 1 aromatic heterocycles. The summed E-state index contributed by atoms with van der Waals surface area (Å²) in [6.45, 7) is 5.74. The zero-order valence-electron chi connectivity index (χ0n) is 9.90. The predicted octanol–water partition coefficient (Wildman–Crippen LogP) is 0.360. The van der Waals surface area contributed by atoms with E-state index in [9.17, 15) is 5.11 Å². The molecular formula is C11H17N3O2. The van der Waals surface area contributed by atoms with Crippen LogP contribution in [-0.4, -0.2) is 45.8 Å². The molecule has 1 aliphatic rings. The van der Waals surface area contributed by atoms with E-state index < -0.39 is 5.60 Å². The lowest BCUT2D eigenvalue weighted by molar-refractivity contribution is -0.0878. The minimum absolute atomic E-state index is 0.550. The summed E-state index contributed by atoms with van der Waals surface area (Å²) >= 11 is 0. The molecule has 1 aliphatic heterocycles. The van der Waals surface area contributed by atoms with Gasteiger partial charge in [-0.25, -0.2) is 4.98 Å². The van der Waals surface area contributed by atoms with Crippen molar-refractivity contribution < 1.29 is 9.84 Å². The van der Waals surface area contributed by atoms with Gasteiger partial charge in [-0.15, -0.1) is 0 Å². The van der Waals surface area contributed by atoms with Crippen molar-refractivity contribution in [2.45, 2.75) is 26.0 Å². The standard InChI is InChI=1S/C11H17N3O2/c1-8-4-12-9(10(13-8)16-3)5-14-6-11(2,15)7-14/h4,15H,5-7H2,1-3H3. The predicted molar refractivity (Wildman–Crippen MR) is 59.2 cm³/mol. The molecule has 5 nitrogen and oxygen atoms in total. The highest BCUT2D eigenvalue weighted by atomic mass is 16.5. The molecule has 0 amide bonds. The van der Waals surface area contributed by atoms with Crippen molar-refractivity contribution in [1.29, 1.82) is 0 Å². The average molecular weight is 223 g/mol. The number of hydrogen-bond acceptors (Lipinski definition) is 5. The molecule has 2 heterocycles. The lowest BCUT2D eigenvalue weighted by Crippen LogP contribution is -2.59. The van der Waals surface area contributed by atoms with Gasteiger partial charge in [0.25, 0.3) is 0 Å². The van der Waals surface area contributed by atoms with Crippen molar-refractivity contribution >= 4 is 0 Å². The summed E-state index contributed by atoms with van der Waals surface area (Å²) in [6, 6.07) is 0. The molecule has 0 aliphatic carbocycles. The van der Waals surface area contributed by atoms with Gasteiger partial charge in [-0.05, 0) is 13.8 Å². The Hall–Kier alpha value is -1.20. The molecule has 0 aromatic carbocycles. The van der Waals surface area contributed by atoms with E-state index in [-0.39, 0.29) is 0 Å². The summed E-state index contributed by atoms with van der Waals surface area (Å²) in [7, 11) is 1.60. The summed E-state index contributed by atoms with van der Waals surface area (Å²) < 4.78 is 5.18. The number of rotatable bonds is 3. The van der Waals surface area contributed by atoms with Crippen molar-refractivity contribution in [2.75, 3.05) is 20.2 Å². The molecule has 0 bridgehead atoms. The summed E-state index contributed by atoms with van der Waals surface area (Å²) in [6.07, 6.45) is 1.73. The van der Waals surface area contributed by atoms with E-state index in [2.05, 4.69) is 14.9 Å². The van der Waals surface area contributed by atoms with Gasteiger partial charge in [0.1, 0.15) is 5.69 Å². The van der Waals surface area contributed by atoms with Crippen LogP contribution in [0.25, 0.3) is 0 Å². The van der Waals surface area contributed by atoms with Crippen LogP contribution in [0.15, 0.2) is 6.20 Å². The first-order valence-electron chi connectivity index (χ1n) is 5.31. The molecule has 5 heteroatoms. The third-order valence-electron chi connectivity index (χ3n) is 2.63. The largest absolute Gasteiger partial charge is 0.480 e. The molecule has 1 N–H and O–H groups in total. The highest BCUT2D eigenvalue weighted by molar-refractivity contribution is 5.20. The molecule has 16 heavy (non-hydrogen) atoms. The van der Waals surface area contributed by atoms with Crippen LogP contribution in [0.4, 0.5) is 0 Å². The molecule has 0 unspecified atom stereocenters. The third kappa shape index (κ3) is 2.31. The SMILES string of the molecule is COc1nc(C)cnc1CN1CC(C)(O)C1. The van der Waals surface area contributed by atoms with Gasteiger partial charge < -0.3 is 9.84 Å². The monoisotopic (exact) mass is 223 g/mol. The quantitative estimate of drug-likeness (QED) is 0.801. The zero-order chi connectivity index (χ0) is 11.8. The lowest BCUT2D eigenvalue weighted by Gasteiger charge is -2.44. The Labute approximate surface area is 95.1 Å². The van der Waals surface area contributed by atoms with E-state index in [1.807, 2.05) is 13.8 Å². The minimum atomic E-state index is -0.550. The maximum Gasteiger partial charge on any atom is 0.236 e. The Kier molecular flexibility index (Phi) is 2.82. The van der Waals surface area contributed by atoms with Crippen LogP contribution in [0.2, 0.25) is 0 Å². The van der Waals surface area contributed by atoms with Gasteiger partial charge in [0.2, 0.25) is 5.88 Å². The Balaban J connectivity index is 2.05. The second kappa shape index (κ2) is 3.99. The number of aliphatic hydroxyl groups is 1. The maximum atomic E-state index is 9.62. The summed E-state index contributed by atoms with van der Waals surface area (Å²) in [4.78, 5) is 10.7. The van der Waals surface area contributed by atoms with Gasteiger partial charge in [0, 0.05) is 25.8 Å². The molecule has 0 radical (unpaired) electrons. The van der Waals surface area contributed by atoms with Crippen molar-refractivity contribution in [3.8, 4) is 5.88 Å². The Morgan fingerprint density at radius 2 is 2.25 bits per heavy atom. The number of methoxy groups -OCH3 is 1. The number of aromatic nitrogens is 2. The van der Waals surface area contributed by atoms with Gasteiger partial charge in [-0.1, -0.05) is 0 Å². The molecule has 1 saturated heterocycles. The summed E-state index contributed by atoms with van der Waals surface area (Å²) in [5.41, 5.74) is 1.12. The maximum absolute atomic E-state index is 9.62. The molecule has 0 saturated carbocycles. The highest BCUT2D eigenvalue weighted by Gasteiger charge is 2.36. The van der Waals surface area contributed by atoms with Crippen LogP contribution < -0.4 is 4.74 Å². The second-order valence-corrected chi connectivity index (χ2v) is 4.61. The smallest absolute Gasteiger partial charge is 0.236 e. The van der Waals surface area contributed by atoms with Gasteiger partial charge in [-0.2, -0.15) is 0 Å². The molecule has 1 aromatic rings. The van der Waals surface area contributed by atoms with Crippen molar-refractivity contribution in [2.24, 2.45) is 0 Å². The fourth-order valence-corrected chi connectivity index (χ4v) is 1.99. The van der Waals surface area contributed by atoms with E-state index in [4.69, 9.17) is 4.74 Å². The summed E-state index contributed by atoms with van der Waals surface area (Å²) in [5, 5.41) is 9.62. The molecule has 0 atom stereocenters. The van der Waals surface area contributed by atoms with Gasteiger partial charge in [0.15, 0.2) is 0 Å². The number of nitrogens with zero attached hydrogens (tertiary/aromatic N) is 3. The van der Waals surface area contributed by atoms with Crippen LogP contribution in [0, 0.1) is 6.92 Å². The fourth-order valence-electron chi connectivity index (χ4n) is 1.99. The highest BCUT2D eigenvalue weighted by Crippen LogP contribution is 2.24. The van der Waals surface area contributed by atoms with Crippen LogP contribution in [-0.2, 0) is 6.54 Å². The number of aryl methyl sites for hydroxylation is 1. The molecule has 0 spiro atoms. The molecule has 88 valence electrons. The van der Waals surface area contributed by atoms with Gasteiger partial charge in [-0.3, -0.25) is 9.88 Å². The number of likely N-dealkylation sites (tertiary alicyclic amines) is 1. The first-order valence-corrected chi connectivity index (χ1v) is 5.31. The van der Waals surface area contributed by atoms with Crippen molar-refractivity contribution in [1.82, 2.24) is 14.9 Å². The van der Waals surface area contributed by atoms with Crippen molar-refractivity contribution in [3.63, 3.8) is 0 Å². The van der Waals surface area contributed by atoms with E-state index >= 15 is 0 Å². The molecular weight excluding hydrogens is 206 g/mol. The fraction of sp³-hybridized carbons (Fsp3) is 0.636. The molecule has 1 fully saturated rings. The Bertz CT molecular complexity index is 385. The topological polar surface area (TPSA) is 58.5 Å². The number of ether oxygens (including phenoxy) is 1. The van der Waals surface area contributed by atoms with E-state index in [0.717, 1.165) is 11.4 Å².